The highest BCUT2D eigenvalue weighted by atomic mass is 16.6. The Kier molecular flexibility index (Phi) is 5.02. The van der Waals surface area contributed by atoms with Gasteiger partial charge in [-0.1, -0.05) is 0 Å². The first kappa shape index (κ1) is 17.7. The van der Waals surface area contributed by atoms with Gasteiger partial charge in [-0.15, -0.1) is 0 Å². The van der Waals surface area contributed by atoms with Gasteiger partial charge < -0.3 is 20.5 Å². The summed E-state index contributed by atoms with van der Waals surface area (Å²) in [5, 5.41) is 2.77. The minimum atomic E-state index is -0.475. The molecule has 0 aliphatic carbocycles. The molecule has 0 atom stereocenters. The number of hydrogen-bond acceptors (Lipinski definition) is 4. The normalized spacial score (nSPS) is 11.0. The molecular formula is C19H24N2O3. The average molecular weight is 328 g/mol. The Morgan fingerprint density at radius 1 is 1.00 bits per heavy atom. The SMILES string of the molecule is Cc1cc(Oc2ccc(N)cc2)c(C)cc1OC(=O)NC(C)(C)C. The van der Waals surface area contributed by atoms with Crippen molar-refractivity contribution in [1.82, 2.24) is 5.32 Å². The standard InChI is InChI=1S/C19H24N2O3/c1-12-11-17(24-18(22)21-19(3,4)5)13(2)10-16(12)23-15-8-6-14(20)7-9-15/h6-11H,20H2,1-5H3,(H,21,22). The molecule has 2 rings (SSSR count). The lowest BCUT2D eigenvalue weighted by atomic mass is 10.1. The second kappa shape index (κ2) is 6.83. The average Bonchev–Trinajstić information content (AvgIpc) is 2.44. The molecule has 128 valence electrons. The van der Waals surface area contributed by atoms with Gasteiger partial charge >= 0.3 is 6.09 Å². The van der Waals surface area contributed by atoms with Crippen molar-refractivity contribution in [2.45, 2.75) is 40.2 Å². The predicted molar refractivity (Wildman–Crippen MR) is 95.8 cm³/mol. The Bertz CT molecular complexity index is 732. The molecule has 5 heteroatoms. The quantitative estimate of drug-likeness (QED) is 0.810. The first-order valence-electron chi connectivity index (χ1n) is 7.79. The van der Waals surface area contributed by atoms with Crippen LogP contribution in [0.4, 0.5) is 10.5 Å². The lowest BCUT2D eigenvalue weighted by Gasteiger charge is -2.20. The lowest BCUT2D eigenvalue weighted by Crippen LogP contribution is -2.42. The van der Waals surface area contributed by atoms with Crippen molar-refractivity contribution in [3.05, 3.63) is 47.5 Å². The maximum Gasteiger partial charge on any atom is 0.413 e. The highest BCUT2D eigenvalue weighted by Crippen LogP contribution is 2.31. The zero-order valence-electron chi connectivity index (χ0n) is 14.8. The summed E-state index contributed by atoms with van der Waals surface area (Å²) in [5.41, 5.74) is 7.70. The van der Waals surface area contributed by atoms with Crippen molar-refractivity contribution in [2.75, 3.05) is 5.73 Å². The number of nitrogens with two attached hydrogens (primary N) is 1. The first-order chi connectivity index (χ1) is 11.1. The Labute approximate surface area is 142 Å². The van der Waals surface area contributed by atoms with Gasteiger partial charge in [0.25, 0.3) is 0 Å². The van der Waals surface area contributed by atoms with Crippen LogP contribution in [0.1, 0.15) is 31.9 Å². The van der Waals surface area contributed by atoms with Crippen LogP contribution in [-0.2, 0) is 0 Å². The number of rotatable bonds is 3. The van der Waals surface area contributed by atoms with Crippen molar-refractivity contribution in [2.24, 2.45) is 0 Å². The molecule has 0 spiro atoms. The molecule has 24 heavy (non-hydrogen) atoms. The number of ether oxygens (including phenoxy) is 2. The molecule has 0 bridgehead atoms. The van der Waals surface area contributed by atoms with E-state index in [1.54, 1.807) is 18.2 Å². The Morgan fingerprint density at radius 3 is 2.12 bits per heavy atom. The van der Waals surface area contributed by atoms with E-state index >= 15 is 0 Å². The number of carbonyl (C=O) groups excluding carboxylic acids is 1. The van der Waals surface area contributed by atoms with Gasteiger partial charge in [-0.3, -0.25) is 0 Å². The van der Waals surface area contributed by atoms with Crippen LogP contribution in [0.3, 0.4) is 0 Å². The molecule has 3 N–H and O–H groups in total. The number of anilines is 1. The van der Waals surface area contributed by atoms with Gasteiger partial charge in [0.05, 0.1) is 0 Å². The van der Waals surface area contributed by atoms with Crippen LogP contribution in [0.5, 0.6) is 17.2 Å². The Balaban J connectivity index is 2.16. The smallest absolute Gasteiger partial charge is 0.413 e. The van der Waals surface area contributed by atoms with E-state index in [1.807, 2.05) is 52.8 Å². The summed E-state index contributed by atoms with van der Waals surface area (Å²) in [4.78, 5) is 11.9. The molecule has 0 unspecified atom stereocenters. The second-order valence-corrected chi connectivity index (χ2v) is 6.82. The van der Waals surface area contributed by atoms with Gasteiger partial charge in [0.1, 0.15) is 17.2 Å². The number of nitrogens with one attached hydrogen (secondary N) is 1. The van der Waals surface area contributed by atoms with Crippen LogP contribution in [0.2, 0.25) is 0 Å². The molecule has 2 aromatic carbocycles. The molecule has 0 fully saturated rings. The molecule has 0 aromatic heterocycles. The summed E-state index contributed by atoms with van der Waals surface area (Å²) in [6, 6.07) is 10.8. The van der Waals surface area contributed by atoms with Crippen LogP contribution >= 0.6 is 0 Å². The molecular weight excluding hydrogens is 304 g/mol. The maximum atomic E-state index is 11.9. The van der Waals surface area contributed by atoms with Gasteiger partial charge in [0.15, 0.2) is 0 Å². The topological polar surface area (TPSA) is 73.6 Å². The summed E-state index contributed by atoms with van der Waals surface area (Å²) in [6.07, 6.45) is -0.475. The third-order valence-electron chi connectivity index (χ3n) is 3.26. The fourth-order valence-electron chi connectivity index (χ4n) is 2.08. The van der Waals surface area contributed by atoms with E-state index in [4.69, 9.17) is 15.2 Å². The molecule has 0 saturated carbocycles. The molecule has 0 saturated heterocycles. The van der Waals surface area contributed by atoms with Gasteiger partial charge in [-0.2, -0.15) is 0 Å². The number of benzene rings is 2. The number of amides is 1. The molecule has 1 amide bonds. The molecule has 5 nitrogen and oxygen atoms in total. The van der Waals surface area contributed by atoms with Crippen LogP contribution in [0, 0.1) is 13.8 Å². The molecule has 0 radical (unpaired) electrons. The van der Waals surface area contributed by atoms with Gasteiger partial charge in [0, 0.05) is 11.2 Å². The van der Waals surface area contributed by atoms with Crippen molar-refractivity contribution in [3.8, 4) is 17.2 Å². The van der Waals surface area contributed by atoms with Crippen molar-refractivity contribution < 1.29 is 14.3 Å². The largest absolute Gasteiger partial charge is 0.457 e. The predicted octanol–water partition coefficient (Wildman–Crippen LogP) is 4.56. The van der Waals surface area contributed by atoms with E-state index in [2.05, 4.69) is 5.32 Å². The maximum absolute atomic E-state index is 11.9. The van der Waals surface area contributed by atoms with E-state index in [-0.39, 0.29) is 5.54 Å². The first-order valence-corrected chi connectivity index (χ1v) is 7.79. The lowest BCUT2D eigenvalue weighted by molar-refractivity contribution is 0.190. The van der Waals surface area contributed by atoms with Gasteiger partial charge in [0.2, 0.25) is 0 Å². The monoisotopic (exact) mass is 328 g/mol. The molecule has 2 aromatic rings. The van der Waals surface area contributed by atoms with E-state index in [1.165, 1.54) is 0 Å². The number of carbonyl (C=O) groups is 1. The molecule has 0 aliphatic heterocycles. The third kappa shape index (κ3) is 4.91. The summed E-state index contributed by atoms with van der Waals surface area (Å²) in [7, 11) is 0. The van der Waals surface area contributed by atoms with Crippen LogP contribution in [-0.4, -0.2) is 11.6 Å². The van der Waals surface area contributed by atoms with E-state index in [9.17, 15) is 4.79 Å². The highest BCUT2D eigenvalue weighted by Gasteiger charge is 2.17. The summed E-state index contributed by atoms with van der Waals surface area (Å²) >= 11 is 0. The zero-order chi connectivity index (χ0) is 17.9. The summed E-state index contributed by atoms with van der Waals surface area (Å²) in [5.74, 6) is 1.92. The molecule has 0 aliphatic rings. The van der Waals surface area contributed by atoms with Crippen molar-refractivity contribution >= 4 is 11.8 Å². The number of nitrogen functional groups attached to an aromatic ring is 1. The van der Waals surface area contributed by atoms with Crippen molar-refractivity contribution in [1.29, 1.82) is 0 Å². The Morgan fingerprint density at radius 2 is 1.54 bits per heavy atom. The minimum Gasteiger partial charge on any atom is -0.457 e. The second-order valence-electron chi connectivity index (χ2n) is 6.82. The zero-order valence-corrected chi connectivity index (χ0v) is 14.8. The number of hydrogen-bond donors (Lipinski definition) is 2. The molecule has 0 heterocycles. The van der Waals surface area contributed by atoms with Crippen molar-refractivity contribution in [3.63, 3.8) is 0 Å². The summed E-state index contributed by atoms with van der Waals surface area (Å²) in [6.45, 7) is 9.47. The van der Waals surface area contributed by atoms with Crippen LogP contribution in [0.15, 0.2) is 36.4 Å². The van der Waals surface area contributed by atoms with Gasteiger partial charge in [-0.25, -0.2) is 4.79 Å². The van der Waals surface area contributed by atoms with Crippen LogP contribution < -0.4 is 20.5 Å². The minimum absolute atomic E-state index is 0.349. The van der Waals surface area contributed by atoms with E-state index in [0.29, 0.717) is 22.9 Å². The third-order valence-corrected chi connectivity index (χ3v) is 3.26. The highest BCUT2D eigenvalue weighted by molar-refractivity contribution is 5.72. The Hall–Kier alpha value is -2.69. The van der Waals surface area contributed by atoms with E-state index in [0.717, 1.165) is 11.1 Å². The fraction of sp³-hybridized carbons (Fsp3) is 0.316. The van der Waals surface area contributed by atoms with Crippen LogP contribution in [0.25, 0.3) is 0 Å². The van der Waals surface area contributed by atoms with Gasteiger partial charge in [-0.05, 0) is 82.1 Å². The fourth-order valence-corrected chi connectivity index (χ4v) is 2.08. The number of aryl methyl sites for hydroxylation is 2. The summed E-state index contributed by atoms with van der Waals surface area (Å²) < 4.78 is 11.3. The van der Waals surface area contributed by atoms with E-state index < -0.39 is 6.09 Å².